The summed E-state index contributed by atoms with van der Waals surface area (Å²) < 4.78 is 11.7. The number of carboxylic acid groups (broad SMARTS) is 1. The lowest BCUT2D eigenvalue weighted by molar-refractivity contribution is 0.0685. The van der Waals surface area contributed by atoms with E-state index in [1.54, 1.807) is 39.5 Å². The molecular formula is C13H14N2O4. The second-order valence-corrected chi connectivity index (χ2v) is 3.91. The molecule has 0 amide bonds. The van der Waals surface area contributed by atoms with E-state index in [1.807, 2.05) is 0 Å². The molecule has 0 atom stereocenters. The molecule has 2 rings (SSSR count). The molecule has 0 bridgehead atoms. The molecule has 100 valence electrons. The first-order chi connectivity index (χ1) is 9.06. The fourth-order valence-electron chi connectivity index (χ4n) is 1.81. The third-order valence-corrected chi connectivity index (χ3v) is 2.78. The van der Waals surface area contributed by atoms with Gasteiger partial charge in [-0.25, -0.2) is 4.79 Å². The highest BCUT2D eigenvalue weighted by atomic mass is 16.5. The van der Waals surface area contributed by atoms with Crippen molar-refractivity contribution >= 4 is 5.97 Å². The third kappa shape index (κ3) is 2.37. The van der Waals surface area contributed by atoms with Gasteiger partial charge in [0.05, 0.1) is 19.9 Å². The predicted octanol–water partition coefficient (Wildman–Crippen LogP) is 1.80. The van der Waals surface area contributed by atoms with E-state index in [1.165, 1.54) is 10.7 Å². The Morgan fingerprint density at radius 1 is 1.26 bits per heavy atom. The number of aromatic nitrogens is 2. The van der Waals surface area contributed by atoms with Gasteiger partial charge in [-0.3, -0.25) is 4.68 Å². The molecule has 1 N–H and O–H groups in total. The molecule has 0 aliphatic heterocycles. The van der Waals surface area contributed by atoms with Crippen LogP contribution >= 0.6 is 0 Å². The summed E-state index contributed by atoms with van der Waals surface area (Å²) in [6.07, 6.45) is 0. The van der Waals surface area contributed by atoms with E-state index >= 15 is 0 Å². The number of carbonyl (C=O) groups is 1. The normalized spacial score (nSPS) is 10.3. The van der Waals surface area contributed by atoms with Crippen LogP contribution in [0.3, 0.4) is 0 Å². The smallest absolute Gasteiger partial charge is 0.354 e. The molecule has 0 radical (unpaired) electrons. The van der Waals surface area contributed by atoms with Crippen molar-refractivity contribution in [3.8, 4) is 22.8 Å². The van der Waals surface area contributed by atoms with E-state index in [9.17, 15) is 4.79 Å². The molecule has 0 unspecified atom stereocenters. The highest BCUT2D eigenvalue weighted by Gasteiger charge is 2.16. The number of aromatic carboxylic acids is 1. The third-order valence-electron chi connectivity index (χ3n) is 2.78. The van der Waals surface area contributed by atoms with Crippen molar-refractivity contribution < 1.29 is 19.4 Å². The Morgan fingerprint density at radius 2 is 2.00 bits per heavy atom. The highest BCUT2D eigenvalue weighted by Crippen LogP contribution is 2.32. The molecule has 19 heavy (non-hydrogen) atoms. The predicted molar refractivity (Wildman–Crippen MR) is 68.7 cm³/mol. The Bertz CT molecular complexity index is 619. The number of aryl methyl sites for hydroxylation is 1. The summed E-state index contributed by atoms with van der Waals surface area (Å²) in [6.45, 7) is 0. The topological polar surface area (TPSA) is 73.6 Å². The molecular weight excluding hydrogens is 248 g/mol. The lowest BCUT2D eigenvalue weighted by Crippen LogP contribution is -2.04. The van der Waals surface area contributed by atoms with Gasteiger partial charge in [0.25, 0.3) is 0 Å². The van der Waals surface area contributed by atoms with Gasteiger partial charge in [0, 0.05) is 12.6 Å². The molecule has 0 spiro atoms. The first kappa shape index (κ1) is 12.9. The van der Waals surface area contributed by atoms with Crippen LogP contribution in [0.25, 0.3) is 11.3 Å². The Hall–Kier alpha value is -2.50. The van der Waals surface area contributed by atoms with Crippen molar-refractivity contribution in [2.75, 3.05) is 14.2 Å². The van der Waals surface area contributed by atoms with Crippen LogP contribution in [0.4, 0.5) is 0 Å². The van der Waals surface area contributed by atoms with Gasteiger partial charge < -0.3 is 14.6 Å². The molecule has 0 aliphatic carbocycles. The maximum atomic E-state index is 11.0. The van der Waals surface area contributed by atoms with E-state index in [-0.39, 0.29) is 5.69 Å². The van der Waals surface area contributed by atoms with E-state index < -0.39 is 5.97 Å². The average Bonchev–Trinajstić information content (AvgIpc) is 2.80. The number of hydrogen-bond donors (Lipinski definition) is 1. The highest BCUT2D eigenvalue weighted by molar-refractivity contribution is 5.87. The number of carboxylic acids is 1. The SMILES string of the molecule is COc1ccc(OC)c(-c2cc(C(=O)O)n(C)n2)c1. The maximum absolute atomic E-state index is 11.0. The Labute approximate surface area is 110 Å². The van der Waals surface area contributed by atoms with Gasteiger partial charge in [0.15, 0.2) is 0 Å². The summed E-state index contributed by atoms with van der Waals surface area (Å²) in [5.74, 6) is 0.234. The van der Waals surface area contributed by atoms with Crippen molar-refractivity contribution in [1.29, 1.82) is 0 Å². The van der Waals surface area contributed by atoms with Gasteiger partial charge in [0.1, 0.15) is 17.2 Å². The molecule has 1 heterocycles. The van der Waals surface area contributed by atoms with E-state index in [0.717, 1.165) is 0 Å². The largest absolute Gasteiger partial charge is 0.497 e. The van der Waals surface area contributed by atoms with Gasteiger partial charge in [-0.05, 0) is 24.3 Å². The van der Waals surface area contributed by atoms with E-state index in [0.29, 0.717) is 22.8 Å². The lowest BCUT2D eigenvalue weighted by atomic mass is 10.1. The minimum Gasteiger partial charge on any atom is -0.497 e. The quantitative estimate of drug-likeness (QED) is 0.909. The van der Waals surface area contributed by atoms with Crippen molar-refractivity contribution in [3.05, 3.63) is 30.0 Å². The van der Waals surface area contributed by atoms with Crippen molar-refractivity contribution in [2.24, 2.45) is 7.05 Å². The summed E-state index contributed by atoms with van der Waals surface area (Å²) in [7, 11) is 4.69. The van der Waals surface area contributed by atoms with Gasteiger partial charge in [-0.15, -0.1) is 0 Å². The van der Waals surface area contributed by atoms with Gasteiger partial charge in [0.2, 0.25) is 0 Å². The second-order valence-electron chi connectivity index (χ2n) is 3.91. The second kappa shape index (κ2) is 5.01. The summed E-state index contributed by atoms with van der Waals surface area (Å²) in [5, 5.41) is 13.2. The monoisotopic (exact) mass is 262 g/mol. The molecule has 2 aromatic rings. The Balaban J connectivity index is 2.57. The van der Waals surface area contributed by atoms with E-state index in [2.05, 4.69) is 5.10 Å². The molecule has 1 aromatic carbocycles. The molecule has 6 heteroatoms. The molecule has 1 aromatic heterocycles. The molecule has 6 nitrogen and oxygen atoms in total. The summed E-state index contributed by atoms with van der Waals surface area (Å²) in [5.41, 5.74) is 1.32. The minimum atomic E-state index is -1.02. The van der Waals surface area contributed by atoms with Crippen LogP contribution in [0.1, 0.15) is 10.5 Å². The lowest BCUT2D eigenvalue weighted by Gasteiger charge is -2.08. The van der Waals surface area contributed by atoms with Crippen molar-refractivity contribution in [1.82, 2.24) is 9.78 Å². The maximum Gasteiger partial charge on any atom is 0.354 e. The fraction of sp³-hybridized carbons (Fsp3) is 0.231. The Kier molecular flexibility index (Phi) is 3.41. The summed E-state index contributed by atoms with van der Waals surface area (Å²) in [6, 6.07) is 6.78. The van der Waals surface area contributed by atoms with E-state index in [4.69, 9.17) is 14.6 Å². The molecule has 0 aliphatic rings. The van der Waals surface area contributed by atoms with Crippen LogP contribution in [0.15, 0.2) is 24.3 Å². The first-order valence-corrected chi connectivity index (χ1v) is 5.56. The standard InChI is InChI=1S/C13H14N2O4/c1-15-11(13(16)17)7-10(14-15)9-6-8(18-2)4-5-12(9)19-3/h4-7H,1-3H3,(H,16,17). The van der Waals surface area contributed by atoms with Gasteiger partial charge in [-0.1, -0.05) is 0 Å². The van der Waals surface area contributed by atoms with Crippen LogP contribution in [0.5, 0.6) is 11.5 Å². The van der Waals surface area contributed by atoms with Crippen molar-refractivity contribution in [3.63, 3.8) is 0 Å². The fourth-order valence-corrected chi connectivity index (χ4v) is 1.81. The number of hydrogen-bond acceptors (Lipinski definition) is 4. The number of benzene rings is 1. The zero-order chi connectivity index (χ0) is 14.0. The van der Waals surface area contributed by atoms with Crippen LogP contribution in [-0.4, -0.2) is 35.1 Å². The van der Waals surface area contributed by atoms with Crippen molar-refractivity contribution in [2.45, 2.75) is 0 Å². The average molecular weight is 262 g/mol. The molecule has 0 fully saturated rings. The number of methoxy groups -OCH3 is 2. The molecule has 0 saturated heterocycles. The minimum absolute atomic E-state index is 0.111. The zero-order valence-electron chi connectivity index (χ0n) is 10.9. The number of ether oxygens (including phenoxy) is 2. The first-order valence-electron chi connectivity index (χ1n) is 5.56. The summed E-state index contributed by atoms with van der Waals surface area (Å²) >= 11 is 0. The molecule has 0 saturated carbocycles. The van der Waals surface area contributed by atoms with Crippen LogP contribution in [0, 0.1) is 0 Å². The zero-order valence-corrected chi connectivity index (χ0v) is 10.9. The van der Waals surface area contributed by atoms with Crippen LogP contribution in [0.2, 0.25) is 0 Å². The van der Waals surface area contributed by atoms with Gasteiger partial charge >= 0.3 is 5.97 Å². The van der Waals surface area contributed by atoms with Crippen LogP contribution in [-0.2, 0) is 7.05 Å². The number of rotatable bonds is 4. The van der Waals surface area contributed by atoms with Crippen LogP contribution < -0.4 is 9.47 Å². The summed E-state index contributed by atoms with van der Waals surface area (Å²) in [4.78, 5) is 11.0. The number of nitrogens with zero attached hydrogens (tertiary/aromatic N) is 2. The van der Waals surface area contributed by atoms with Gasteiger partial charge in [-0.2, -0.15) is 5.10 Å². The Morgan fingerprint density at radius 3 is 2.53 bits per heavy atom.